The Balaban J connectivity index is 2.98. The standard InChI is InChI=1S/C12H13N3O8/c16-11(17)3-1-2-9(12(18)19)13-8-5-4-7(14(20)21)6-10(8)15(22)23/h4-6,9,13H,1-3H2,(H,16,17)(H,18,19). The summed E-state index contributed by atoms with van der Waals surface area (Å²) in [5.74, 6) is -2.40. The maximum atomic E-state index is 11.1. The van der Waals surface area contributed by atoms with Gasteiger partial charge in [0.05, 0.1) is 15.9 Å². The van der Waals surface area contributed by atoms with Crippen molar-refractivity contribution in [2.75, 3.05) is 5.32 Å². The summed E-state index contributed by atoms with van der Waals surface area (Å²) in [5.41, 5.74) is -1.33. The number of nitro benzene ring substituents is 2. The van der Waals surface area contributed by atoms with Crippen LogP contribution < -0.4 is 5.32 Å². The molecule has 1 rings (SSSR count). The largest absolute Gasteiger partial charge is 0.481 e. The van der Waals surface area contributed by atoms with Crippen LogP contribution in [0.5, 0.6) is 0 Å². The molecule has 0 bridgehead atoms. The Morgan fingerprint density at radius 1 is 1.17 bits per heavy atom. The van der Waals surface area contributed by atoms with Gasteiger partial charge in [-0.1, -0.05) is 0 Å². The van der Waals surface area contributed by atoms with Crippen molar-refractivity contribution in [1.82, 2.24) is 0 Å². The van der Waals surface area contributed by atoms with Gasteiger partial charge in [-0.15, -0.1) is 0 Å². The fourth-order valence-electron chi connectivity index (χ4n) is 1.81. The molecule has 0 aliphatic rings. The number of benzene rings is 1. The minimum atomic E-state index is -1.32. The van der Waals surface area contributed by atoms with Gasteiger partial charge in [-0.25, -0.2) is 4.79 Å². The van der Waals surface area contributed by atoms with Crippen molar-refractivity contribution in [1.29, 1.82) is 0 Å². The predicted octanol–water partition coefficient (Wildman–Crippen LogP) is 1.62. The van der Waals surface area contributed by atoms with E-state index in [0.717, 1.165) is 18.2 Å². The molecule has 1 aromatic rings. The molecule has 0 saturated heterocycles. The molecule has 0 saturated carbocycles. The van der Waals surface area contributed by atoms with E-state index in [4.69, 9.17) is 10.2 Å². The molecule has 1 unspecified atom stereocenters. The second-order valence-electron chi connectivity index (χ2n) is 4.54. The van der Waals surface area contributed by atoms with Gasteiger partial charge in [0.1, 0.15) is 11.7 Å². The average Bonchev–Trinajstić information content (AvgIpc) is 2.45. The maximum absolute atomic E-state index is 11.1. The van der Waals surface area contributed by atoms with Crippen LogP contribution in [0.4, 0.5) is 17.1 Å². The van der Waals surface area contributed by atoms with E-state index < -0.39 is 39.2 Å². The van der Waals surface area contributed by atoms with Gasteiger partial charge < -0.3 is 15.5 Å². The molecular weight excluding hydrogens is 314 g/mol. The van der Waals surface area contributed by atoms with E-state index in [-0.39, 0.29) is 24.9 Å². The van der Waals surface area contributed by atoms with Gasteiger partial charge in [-0.2, -0.15) is 0 Å². The molecule has 0 aliphatic heterocycles. The molecule has 0 amide bonds. The fraction of sp³-hybridized carbons (Fsp3) is 0.333. The van der Waals surface area contributed by atoms with Crippen LogP contribution in [0.2, 0.25) is 0 Å². The molecule has 1 atom stereocenters. The van der Waals surface area contributed by atoms with Gasteiger partial charge >= 0.3 is 11.9 Å². The van der Waals surface area contributed by atoms with Gasteiger partial charge in [0.2, 0.25) is 0 Å². The third-order valence-electron chi connectivity index (χ3n) is 2.90. The van der Waals surface area contributed by atoms with Crippen molar-refractivity contribution in [3.63, 3.8) is 0 Å². The zero-order valence-corrected chi connectivity index (χ0v) is 11.7. The third-order valence-corrected chi connectivity index (χ3v) is 2.90. The third kappa shape index (κ3) is 5.22. The Hall–Kier alpha value is -3.24. The summed E-state index contributed by atoms with van der Waals surface area (Å²) in [6.07, 6.45) is -0.260. The van der Waals surface area contributed by atoms with Gasteiger partial charge in [-0.3, -0.25) is 25.0 Å². The van der Waals surface area contributed by atoms with Crippen LogP contribution in [-0.2, 0) is 9.59 Å². The first-order valence-corrected chi connectivity index (χ1v) is 6.36. The molecule has 0 aliphatic carbocycles. The van der Waals surface area contributed by atoms with Gasteiger partial charge in [0.25, 0.3) is 11.4 Å². The number of hydrogen-bond donors (Lipinski definition) is 3. The molecule has 124 valence electrons. The summed E-state index contributed by atoms with van der Waals surface area (Å²) in [6.45, 7) is 0. The highest BCUT2D eigenvalue weighted by molar-refractivity contribution is 5.79. The number of non-ortho nitro benzene ring substituents is 1. The van der Waals surface area contributed by atoms with E-state index in [1.807, 2.05) is 0 Å². The molecule has 11 heteroatoms. The minimum Gasteiger partial charge on any atom is -0.481 e. The molecule has 3 N–H and O–H groups in total. The summed E-state index contributed by atoms with van der Waals surface area (Å²) in [5, 5.41) is 41.6. The first-order valence-electron chi connectivity index (χ1n) is 6.36. The zero-order chi connectivity index (χ0) is 17.6. The lowest BCUT2D eigenvalue weighted by atomic mass is 10.1. The first-order chi connectivity index (χ1) is 10.7. The molecule has 0 radical (unpaired) electrons. The van der Waals surface area contributed by atoms with E-state index in [2.05, 4.69) is 5.32 Å². The quantitative estimate of drug-likeness (QED) is 0.449. The van der Waals surface area contributed by atoms with Crippen molar-refractivity contribution in [2.24, 2.45) is 0 Å². The van der Waals surface area contributed by atoms with Crippen molar-refractivity contribution in [2.45, 2.75) is 25.3 Å². The first kappa shape index (κ1) is 17.8. The average molecular weight is 327 g/mol. The number of carboxylic acid groups (broad SMARTS) is 2. The van der Waals surface area contributed by atoms with Crippen LogP contribution in [0.15, 0.2) is 18.2 Å². The smallest absolute Gasteiger partial charge is 0.326 e. The Labute approximate surface area is 128 Å². The molecule has 23 heavy (non-hydrogen) atoms. The second-order valence-corrected chi connectivity index (χ2v) is 4.54. The van der Waals surface area contributed by atoms with Crippen molar-refractivity contribution in [3.8, 4) is 0 Å². The summed E-state index contributed by atoms with van der Waals surface area (Å²) < 4.78 is 0. The molecule has 0 fully saturated rings. The van der Waals surface area contributed by atoms with E-state index in [1.54, 1.807) is 0 Å². The van der Waals surface area contributed by atoms with E-state index >= 15 is 0 Å². The summed E-state index contributed by atoms with van der Waals surface area (Å²) in [7, 11) is 0. The minimum absolute atomic E-state index is 0.0556. The van der Waals surface area contributed by atoms with Crippen LogP contribution >= 0.6 is 0 Å². The number of nitro groups is 2. The Bertz CT molecular complexity index is 645. The van der Waals surface area contributed by atoms with Gasteiger partial charge in [-0.05, 0) is 18.9 Å². The molecule has 1 aromatic carbocycles. The highest BCUT2D eigenvalue weighted by Crippen LogP contribution is 2.29. The highest BCUT2D eigenvalue weighted by Gasteiger charge is 2.24. The lowest BCUT2D eigenvalue weighted by molar-refractivity contribution is -0.393. The molecule has 0 aromatic heterocycles. The normalized spacial score (nSPS) is 11.5. The van der Waals surface area contributed by atoms with Crippen molar-refractivity contribution >= 4 is 29.0 Å². The van der Waals surface area contributed by atoms with Crippen LogP contribution in [0, 0.1) is 20.2 Å². The highest BCUT2D eigenvalue weighted by atomic mass is 16.6. The van der Waals surface area contributed by atoms with Crippen molar-refractivity contribution in [3.05, 3.63) is 38.4 Å². The monoisotopic (exact) mass is 327 g/mol. The fourth-order valence-corrected chi connectivity index (χ4v) is 1.81. The Kier molecular flexibility index (Phi) is 5.95. The van der Waals surface area contributed by atoms with E-state index in [9.17, 15) is 29.8 Å². The summed E-state index contributed by atoms with van der Waals surface area (Å²) >= 11 is 0. The molecular formula is C12H13N3O8. The van der Waals surface area contributed by atoms with Gasteiger partial charge in [0, 0.05) is 12.5 Å². The number of anilines is 1. The maximum Gasteiger partial charge on any atom is 0.326 e. The SMILES string of the molecule is O=C(O)CCCC(Nc1ccc([N+](=O)[O-])cc1[N+](=O)[O-])C(=O)O. The van der Waals surface area contributed by atoms with Gasteiger partial charge in [0.15, 0.2) is 0 Å². The lowest BCUT2D eigenvalue weighted by Crippen LogP contribution is -2.29. The number of carboxylic acids is 2. The second kappa shape index (κ2) is 7.68. The summed E-state index contributed by atoms with van der Waals surface area (Å²) in [4.78, 5) is 41.5. The number of aliphatic carboxylic acids is 2. The predicted molar refractivity (Wildman–Crippen MR) is 76.3 cm³/mol. The molecule has 0 heterocycles. The van der Waals surface area contributed by atoms with E-state index in [1.165, 1.54) is 0 Å². The number of rotatable bonds is 9. The Morgan fingerprint density at radius 2 is 1.83 bits per heavy atom. The molecule has 0 spiro atoms. The summed E-state index contributed by atoms with van der Waals surface area (Å²) in [6, 6.07) is 1.52. The van der Waals surface area contributed by atoms with Crippen LogP contribution in [0.1, 0.15) is 19.3 Å². The van der Waals surface area contributed by atoms with Crippen LogP contribution in [0.25, 0.3) is 0 Å². The molecule has 11 nitrogen and oxygen atoms in total. The number of nitrogens with zero attached hydrogens (tertiary/aromatic N) is 2. The van der Waals surface area contributed by atoms with Crippen LogP contribution in [0.3, 0.4) is 0 Å². The van der Waals surface area contributed by atoms with Crippen molar-refractivity contribution < 1.29 is 29.6 Å². The Morgan fingerprint density at radius 3 is 2.30 bits per heavy atom. The number of hydrogen-bond acceptors (Lipinski definition) is 7. The number of nitrogens with one attached hydrogen (secondary N) is 1. The number of carbonyl (C=O) groups is 2. The zero-order valence-electron chi connectivity index (χ0n) is 11.7. The topological polar surface area (TPSA) is 173 Å². The van der Waals surface area contributed by atoms with Crippen LogP contribution in [-0.4, -0.2) is 38.0 Å². The van der Waals surface area contributed by atoms with E-state index in [0.29, 0.717) is 0 Å². The lowest BCUT2D eigenvalue weighted by Gasteiger charge is -2.15.